The van der Waals surface area contributed by atoms with Gasteiger partial charge in [0.25, 0.3) is 0 Å². The lowest BCUT2D eigenvalue weighted by atomic mass is 9.66. The molecule has 130 valence electrons. The summed E-state index contributed by atoms with van der Waals surface area (Å²) in [6.07, 6.45) is -0.625. The van der Waals surface area contributed by atoms with Crippen LogP contribution in [0.5, 0.6) is 0 Å². The van der Waals surface area contributed by atoms with Crippen molar-refractivity contribution in [3.63, 3.8) is 0 Å². The first-order chi connectivity index (χ1) is 10.8. The standard InChI is InChI=1S/C20H26O4/c1-17(2,3)12-8-10-13(11-9-12)20-14(18(4,5)15(21)24-20)23-16(22)19(20,6)7/h8-11,14H,1-7H3/t14-,20-/m1/s1. The molecule has 0 radical (unpaired) electrons. The predicted molar refractivity (Wildman–Crippen MR) is 90.4 cm³/mol. The molecule has 2 atom stereocenters. The maximum atomic E-state index is 12.5. The summed E-state index contributed by atoms with van der Waals surface area (Å²) in [5.41, 5.74) is -0.864. The fourth-order valence-electron chi connectivity index (χ4n) is 3.83. The van der Waals surface area contributed by atoms with E-state index in [4.69, 9.17) is 9.47 Å². The van der Waals surface area contributed by atoms with E-state index in [1.54, 1.807) is 27.7 Å². The summed E-state index contributed by atoms with van der Waals surface area (Å²) >= 11 is 0. The Morgan fingerprint density at radius 1 is 0.917 bits per heavy atom. The van der Waals surface area contributed by atoms with E-state index in [9.17, 15) is 9.59 Å². The van der Waals surface area contributed by atoms with E-state index in [1.165, 1.54) is 5.56 Å². The zero-order chi connectivity index (χ0) is 18.1. The molecule has 0 amide bonds. The molecular formula is C20H26O4. The second kappa shape index (κ2) is 4.62. The molecule has 2 fully saturated rings. The summed E-state index contributed by atoms with van der Waals surface area (Å²) in [5.74, 6) is -0.652. The van der Waals surface area contributed by atoms with Crippen molar-refractivity contribution in [2.75, 3.05) is 0 Å². The van der Waals surface area contributed by atoms with Gasteiger partial charge in [-0.05, 0) is 38.7 Å². The number of carbonyl (C=O) groups excluding carboxylic acids is 2. The summed E-state index contributed by atoms with van der Waals surface area (Å²) in [5, 5.41) is 0. The van der Waals surface area contributed by atoms with Crippen LogP contribution in [0.3, 0.4) is 0 Å². The molecule has 0 bridgehead atoms. The van der Waals surface area contributed by atoms with Crippen molar-refractivity contribution in [1.29, 1.82) is 0 Å². The number of benzene rings is 1. The van der Waals surface area contributed by atoms with Crippen molar-refractivity contribution in [2.24, 2.45) is 10.8 Å². The molecule has 2 aliphatic rings. The summed E-state index contributed by atoms with van der Waals surface area (Å²) in [6, 6.07) is 8.01. The van der Waals surface area contributed by atoms with Crippen LogP contribution in [0.15, 0.2) is 24.3 Å². The monoisotopic (exact) mass is 330 g/mol. The van der Waals surface area contributed by atoms with Crippen LogP contribution in [0.2, 0.25) is 0 Å². The largest absolute Gasteiger partial charge is 0.456 e. The first-order valence-electron chi connectivity index (χ1n) is 8.41. The molecule has 2 saturated heterocycles. The number of fused-ring (bicyclic) bond motifs is 1. The van der Waals surface area contributed by atoms with E-state index >= 15 is 0 Å². The Bertz CT molecular complexity index is 704. The molecular weight excluding hydrogens is 304 g/mol. The van der Waals surface area contributed by atoms with Crippen molar-refractivity contribution in [1.82, 2.24) is 0 Å². The molecule has 2 aliphatic heterocycles. The number of hydrogen-bond acceptors (Lipinski definition) is 4. The molecule has 0 spiro atoms. The Morgan fingerprint density at radius 2 is 1.46 bits per heavy atom. The average molecular weight is 330 g/mol. The van der Waals surface area contributed by atoms with Crippen LogP contribution in [0.1, 0.15) is 59.6 Å². The van der Waals surface area contributed by atoms with Gasteiger partial charge in [-0.1, -0.05) is 45.0 Å². The van der Waals surface area contributed by atoms with Gasteiger partial charge in [-0.15, -0.1) is 0 Å². The highest BCUT2D eigenvalue weighted by atomic mass is 16.6. The van der Waals surface area contributed by atoms with Gasteiger partial charge in [-0.3, -0.25) is 9.59 Å². The molecule has 4 nitrogen and oxygen atoms in total. The SMILES string of the molecule is CC(C)(C)c1ccc([C@@]23OC(=O)C(C)(C)[C@H]2OC(=O)C3(C)C)cc1. The van der Waals surface area contributed by atoms with Crippen LogP contribution in [-0.4, -0.2) is 18.0 Å². The summed E-state index contributed by atoms with van der Waals surface area (Å²) < 4.78 is 11.6. The third-order valence-electron chi connectivity index (χ3n) is 5.65. The lowest BCUT2D eigenvalue weighted by Crippen LogP contribution is -2.47. The van der Waals surface area contributed by atoms with Gasteiger partial charge in [0.15, 0.2) is 11.7 Å². The Kier molecular flexibility index (Phi) is 3.27. The zero-order valence-corrected chi connectivity index (χ0v) is 15.5. The second-order valence-corrected chi connectivity index (χ2v) is 9.08. The summed E-state index contributed by atoms with van der Waals surface area (Å²) in [7, 11) is 0. The van der Waals surface area contributed by atoms with Crippen molar-refractivity contribution in [3.8, 4) is 0 Å². The average Bonchev–Trinajstić information content (AvgIpc) is 2.80. The van der Waals surface area contributed by atoms with E-state index in [-0.39, 0.29) is 17.4 Å². The highest BCUT2D eigenvalue weighted by molar-refractivity contribution is 5.89. The molecule has 0 saturated carbocycles. The maximum absolute atomic E-state index is 12.5. The fraction of sp³-hybridized carbons (Fsp3) is 0.600. The molecule has 1 aromatic carbocycles. The van der Waals surface area contributed by atoms with E-state index in [0.29, 0.717) is 0 Å². The minimum Gasteiger partial charge on any atom is -0.456 e. The zero-order valence-electron chi connectivity index (χ0n) is 15.5. The highest BCUT2D eigenvalue weighted by Crippen LogP contribution is 2.61. The summed E-state index contributed by atoms with van der Waals surface area (Å²) in [6.45, 7) is 13.6. The number of rotatable bonds is 1. The minimum absolute atomic E-state index is 0.0265. The molecule has 24 heavy (non-hydrogen) atoms. The van der Waals surface area contributed by atoms with Gasteiger partial charge in [0.2, 0.25) is 0 Å². The second-order valence-electron chi connectivity index (χ2n) is 9.08. The van der Waals surface area contributed by atoms with Crippen LogP contribution >= 0.6 is 0 Å². The number of ether oxygens (including phenoxy) is 2. The summed E-state index contributed by atoms with van der Waals surface area (Å²) in [4.78, 5) is 25.0. The van der Waals surface area contributed by atoms with Gasteiger partial charge in [0.1, 0.15) is 10.8 Å². The van der Waals surface area contributed by atoms with E-state index in [1.807, 2.05) is 24.3 Å². The fourth-order valence-corrected chi connectivity index (χ4v) is 3.83. The predicted octanol–water partition coefficient (Wildman–Crippen LogP) is 3.71. The molecule has 0 aliphatic carbocycles. The van der Waals surface area contributed by atoms with Crippen molar-refractivity contribution in [3.05, 3.63) is 35.4 Å². The molecule has 3 rings (SSSR count). The van der Waals surface area contributed by atoms with Crippen molar-refractivity contribution in [2.45, 2.75) is 65.6 Å². The van der Waals surface area contributed by atoms with Gasteiger partial charge < -0.3 is 9.47 Å². The van der Waals surface area contributed by atoms with Crippen LogP contribution in [0.25, 0.3) is 0 Å². The smallest absolute Gasteiger partial charge is 0.316 e. The van der Waals surface area contributed by atoms with Gasteiger partial charge >= 0.3 is 11.9 Å². The van der Waals surface area contributed by atoms with Crippen LogP contribution < -0.4 is 0 Å². The Labute approximate surface area is 143 Å². The van der Waals surface area contributed by atoms with Gasteiger partial charge in [-0.25, -0.2) is 0 Å². The molecule has 0 N–H and O–H groups in total. The molecule has 1 aromatic rings. The van der Waals surface area contributed by atoms with Crippen LogP contribution in [0.4, 0.5) is 0 Å². The topological polar surface area (TPSA) is 52.6 Å². The van der Waals surface area contributed by atoms with E-state index < -0.39 is 22.5 Å². The molecule has 4 heteroatoms. The Balaban J connectivity index is 2.18. The normalized spacial score (nSPS) is 30.7. The first kappa shape index (κ1) is 17.0. The Hall–Kier alpha value is -1.84. The minimum atomic E-state index is -1.08. The highest BCUT2D eigenvalue weighted by Gasteiger charge is 2.75. The number of hydrogen-bond donors (Lipinski definition) is 0. The lowest BCUT2D eigenvalue weighted by Gasteiger charge is -2.36. The van der Waals surface area contributed by atoms with Crippen LogP contribution in [-0.2, 0) is 30.1 Å². The lowest BCUT2D eigenvalue weighted by molar-refractivity contribution is -0.166. The quantitative estimate of drug-likeness (QED) is 0.737. The van der Waals surface area contributed by atoms with Gasteiger partial charge in [-0.2, -0.15) is 0 Å². The number of carbonyl (C=O) groups is 2. The maximum Gasteiger partial charge on any atom is 0.316 e. The van der Waals surface area contributed by atoms with Gasteiger partial charge in [0, 0.05) is 5.56 Å². The van der Waals surface area contributed by atoms with Gasteiger partial charge in [0.05, 0.1) is 0 Å². The third kappa shape index (κ3) is 1.92. The molecule has 0 aromatic heterocycles. The van der Waals surface area contributed by atoms with Crippen molar-refractivity contribution >= 4 is 11.9 Å². The molecule has 0 unspecified atom stereocenters. The van der Waals surface area contributed by atoms with Crippen LogP contribution in [0, 0.1) is 10.8 Å². The van der Waals surface area contributed by atoms with E-state index in [0.717, 1.165) is 5.56 Å². The molecule has 2 heterocycles. The number of esters is 2. The third-order valence-corrected chi connectivity index (χ3v) is 5.65. The Morgan fingerprint density at radius 3 is 1.96 bits per heavy atom. The first-order valence-corrected chi connectivity index (χ1v) is 8.41. The van der Waals surface area contributed by atoms with Crippen molar-refractivity contribution < 1.29 is 19.1 Å². The van der Waals surface area contributed by atoms with E-state index in [2.05, 4.69) is 20.8 Å².